The summed E-state index contributed by atoms with van der Waals surface area (Å²) in [6, 6.07) is 5.45. The van der Waals surface area contributed by atoms with Crippen LogP contribution < -0.4 is 9.88 Å². The summed E-state index contributed by atoms with van der Waals surface area (Å²) >= 11 is 5.97. The SMILES string of the molecule is Cc1cc(OCC2(CS(N)(=O)=O)CCCC2)ccc1Cl. The van der Waals surface area contributed by atoms with Crippen LogP contribution in [-0.2, 0) is 10.0 Å². The lowest BCUT2D eigenvalue weighted by Crippen LogP contribution is -2.36. The molecule has 2 rings (SSSR count). The number of halogens is 1. The highest BCUT2D eigenvalue weighted by Crippen LogP contribution is 2.39. The van der Waals surface area contributed by atoms with Crippen molar-refractivity contribution in [1.82, 2.24) is 0 Å². The molecule has 0 heterocycles. The van der Waals surface area contributed by atoms with Crippen molar-refractivity contribution in [2.24, 2.45) is 10.6 Å². The molecule has 0 unspecified atom stereocenters. The number of sulfonamides is 1. The molecule has 0 spiro atoms. The van der Waals surface area contributed by atoms with Crippen LogP contribution >= 0.6 is 11.6 Å². The molecule has 0 saturated heterocycles. The molecule has 1 fully saturated rings. The van der Waals surface area contributed by atoms with Crippen LogP contribution in [0.5, 0.6) is 5.75 Å². The zero-order chi connectivity index (χ0) is 14.8. The fourth-order valence-corrected chi connectivity index (χ4v) is 4.17. The molecule has 1 aromatic carbocycles. The van der Waals surface area contributed by atoms with Crippen LogP contribution in [0.2, 0.25) is 5.02 Å². The summed E-state index contributed by atoms with van der Waals surface area (Å²) in [5, 5.41) is 5.90. The number of rotatable bonds is 5. The van der Waals surface area contributed by atoms with Crippen molar-refractivity contribution in [1.29, 1.82) is 0 Å². The van der Waals surface area contributed by atoms with Gasteiger partial charge in [0.25, 0.3) is 0 Å². The third-order valence-corrected chi connectivity index (χ3v) is 5.28. The Morgan fingerprint density at radius 1 is 1.35 bits per heavy atom. The molecule has 0 bridgehead atoms. The van der Waals surface area contributed by atoms with E-state index in [4.69, 9.17) is 21.5 Å². The van der Waals surface area contributed by atoms with Crippen LogP contribution in [0.1, 0.15) is 31.2 Å². The first kappa shape index (κ1) is 15.6. The maximum atomic E-state index is 11.4. The van der Waals surface area contributed by atoms with Crippen LogP contribution in [0.15, 0.2) is 18.2 Å². The van der Waals surface area contributed by atoms with Gasteiger partial charge < -0.3 is 4.74 Å². The van der Waals surface area contributed by atoms with E-state index in [1.807, 2.05) is 13.0 Å². The molecule has 1 aromatic rings. The van der Waals surface area contributed by atoms with Gasteiger partial charge in [-0.05, 0) is 43.5 Å². The van der Waals surface area contributed by atoms with Gasteiger partial charge in [-0.3, -0.25) is 0 Å². The van der Waals surface area contributed by atoms with Gasteiger partial charge in [0.05, 0.1) is 12.4 Å². The molecule has 0 atom stereocenters. The number of primary sulfonamides is 1. The Hall–Kier alpha value is -0.780. The van der Waals surface area contributed by atoms with E-state index < -0.39 is 10.0 Å². The van der Waals surface area contributed by atoms with Crippen molar-refractivity contribution in [3.8, 4) is 5.75 Å². The van der Waals surface area contributed by atoms with Crippen LogP contribution in [0, 0.1) is 12.3 Å². The topological polar surface area (TPSA) is 69.4 Å². The minimum Gasteiger partial charge on any atom is -0.493 e. The Bertz CT molecular complexity index is 580. The molecular weight excluding hydrogens is 298 g/mol. The lowest BCUT2D eigenvalue weighted by atomic mass is 9.90. The van der Waals surface area contributed by atoms with Crippen LogP contribution in [0.3, 0.4) is 0 Å². The highest BCUT2D eigenvalue weighted by molar-refractivity contribution is 7.89. The van der Waals surface area contributed by atoms with E-state index in [-0.39, 0.29) is 11.2 Å². The molecule has 0 aliphatic heterocycles. The van der Waals surface area contributed by atoms with Gasteiger partial charge in [-0.15, -0.1) is 0 Å². The first-order valence-electron chi connectivity index (χ1n) is 6.69. The molecule has 0 aromatic heterocycles. The van der Waals surface area contributed by atoms with E-state index in [1.54, 1.807) is 12.1 Å². The zero-order valence-corrected chi connectivity index (χ0v) is 13.1. The number of benzene rings is 1. The largest absolute Gasteiger partial charge is 0.493 e. The van der Waals surface area contributed by atoms with Crippen molar-refractivity contribution in [2.45, 2.75) is 32.6 Å². The average molecular weight is 318 g/mol. The van der Waals surface area contributed by atoms with Gasteiger partial charge in [0, 0.05) is 10.4 Å². The van der Waals surface area contributed by atoms with Gasteiger partial charge >= 0.3 is 0 Å². The summed E-state index contributed by atoms with van der Waals surface area (Å²) in [6.07, 6.45) is 3.74. The zero-order valence-electron chi connectivity index (χ0n) is 11.6. The Morgan fingerprint density at radius 3 is 2.55 bits per heavy atom. The van der Waals surface area contributed by atoms with E-state index in [1.165, 1.54) is 0 Å². The van der Waals surface area contributed by atoms with E-state index in [2.05, 4.69) is 0 Å². The predicted octanol–water partition coefficient (Wildman–Crippen LogP) is 2.88. The molecule has 6 heteroatoms. The lowest BCUT2D eigenvalue weighted by Gasteiger charge is -2.27. The molecular formula is C14H20ClNO3S. The Balaban J connectivity index is 2.07. The maximum absolute atomic E-state index is 11.4. The molecule has 1 saturated carbocycles. The second-order valence-corrected chi connectivity index (χ2v) is 7.74. The third-order valence-electron chi connectivity index (χ3n) is 3.85. The van der Waals surface area contributed by atoms with Gasteiger partial charge in [-0.2, -0.15) is 0 Å². The van der Waals surface area contributed by atoms with E-state index in [0.29, 0.717) is 17.4 Å². The first-order chi connectivity index (χ1) is 9.30. The minimum absolute atomic E-state index is 0.00737. The Labute approximate surface area is 125 Å². The van der Waals surface area contributed by atoms with E-state index in [9.17, 15) is 8.42 Å². The summed E-state index contributed by atoms with van der Waals surface area (Å²) in [6.45, 7) is 2.29. The summed E-state index contributed by atoms with van der Waals surface area (Å²) in [4.78, 5) is 0. The summed E-state index contributed by atoms with van der Waals surface area (Å²) in [5.41, 5.74) is 0.595. The molecule has 4 nitrogen and oxygen atoms in total. The second-order valence-electron chi connectivity index (χ2n) is 5.71. The average Bonchev–Trinajstić information content (AvgIpc) is 2.77. The number of aryl methyl sites for hydroxylation is 1. The van der Waals surface area contributed by atoms with Crippen molar-refractivity contribution >= 4 is 21.6 Å². The second kappa shape index (κ2) is 5.92. The molecule has 1 aliphatic carbocycles. The normalized spacial score (nSPS) is 18.1. The lowest BCUT2D eigenvalue weighted by molar-refractivity contribution is 0.170. The Kier molecular flexibility index (Phi) is 4.62. The van der Waals surface area contributed by atoms with Gasteiger partial charge in [-0.1, -0.05) is 24.4 Å². The smallest absolute Gasteiger partial charge is 0.209 e. The van der Waals surface area contributed by atoms with Gasteiger partial charge in [-0.25, -0.2) is 13.6 Å². The van der Waals surface area contributed by atoms with Crippen molar-refractivity contribution < 1.29 is 13.2 Å². The minimum atomic E-state index is -3.49. The number of hydrogen-bond acceptors (Lipinski definition) is 3. The molecule has 20 heavy (non-hydrogen) atoms. The van der Waals surface area contributed by atoms with Crippen molar-refractivity contribution in [2.75, 3.05) is 12.4 Å². The Morgan fingerprint density at radius 2 is 2.00 bits per heavy atom. The summed E-state index contributed by atoms with van der Waals surface area (Å²) in [5.74, 6) is 0.708. The summed E-state index contributed by atoms with van der Waals surface area (Å²) < 4.78 is 28.6. The highest BCUT2D eigenvalue weighted by atomic mass is 35.5. The van der Waals surface area contributed by atoms with Crippen LogP contribution in [0.25, 0.3) is 0 Å². The molecule has 1 aliphatic rings. The number of nitrogens with two attached hydrogens (primary N) is 1. The number of ether oxygens (including phenoxy) is 1. The van der Waals surface area contributed by atoms with E-state index >= 15 is 0 Å². The first-order valence-corrected chi connectivity index (χ1v) is 8.79. The predicted molar refractivity (Wildman–Crippen MR) is 80.6 cm³/mol. The molecule has 2 N–H and O–H groups in total. The fourth-order valence-electron chi connectivity index (χ4n) is 2.83. The maximum Gasteiger partial charge on any atom is 0.209 e. The molecule has 0 radical (unpaired) electrons. The van der Waals surface area contributed by atoms with Gasteiger partial charge in [0.15, 0.2) is 0 Å². The van der Waals surface area contributed by atoms with Crippen molar-refractivity contribution in [3.63, 3.8) is 0 Å². The number of hydrogen-bond donors (Lipinski definition) is 1. The van der Waals surface area contributed by atoms with Gasteiger partial charge in [0.2, 0.25) is 10.0 Å². The van der Waals surface area contributed by atoms with Crippen LogP contribution in [-0.4, -0.2) is 20.8 Å². The van der Waals surface area contributed by atoms with Crippen LogP contribution in [0.4, 0.5) is 0 Å². The van der Waals surface area contributed by atoms with Gasteiger partial charge in [0.1, 0.15) is 5.75 Å². The highest BCUT2D eigenvalue weighted by Gasteiger charge is 2.38. The quantitative estimate of drug-likeness (QED) is 0.907. The third kappa shape index (κ3) is 4.11. The monoisotopic (exact) mass is 317 g/mol. The fraction of sp³-hybridized carbons (Fsp3) is 0.571. The van der Waals surface area contributed by atoms with E-state index in [0.717, 1.165) is 31.2 Å². The molecule has 112 valence electrons. The molecule has 0 amide bonds. The standard InChI is InChI=1S/C14H20ClNO3S/c1-11-8-12(4-5-13(11)15)19-9-14(6-2-3-7-14)10-20(16,17)18/h4-5,8H,2-3,6-7,9-10H2,1H3,(H2,16,17,18). The summed E-state index contributed by atoms with van der Waals surface area (Å²) in [7, 11) is -3.49. The van der Waals surface area contributed by atoms with Crippen molar-refractivity contribution in [3.05, 3.63) is 28.8 Å².